The second-order valence-electron chi connectivity index (χ2n) is 6.59. The van der Waals surface area contributed by atoms with Crippen LogP contribution in [-0.4, -0.2) is 41.9 Å². The standard InChI is InChI=1S/C20H23N3O2/c1-14-15(2)25-16(3)19(14)20(24)23-10-8-22(9-11-23)13-18-6-4-17(12-21)5-7-18/h4-7H,8-11,13H2,1-3H3. The lowest BCUT2D eigenvalue weighted by molar-refractivity contribution is 0.0626. The van der Waals surface area contributed by atoms with Crippen LogP contribution in [0.15, 0.2) is 28.7 Å². The third-order valence-electron chi connectivity index (χ3n) is 4.92. The highest BCUT2D eigenvalue weighted by atomic mass is 16.3. The molecule has 1 saturated heterocycles. The van der Waals surface area contributed by atoms with Gasteiger partial charge in [0, 0.05) is 38.3 Å². The van der Waals surface area contributed by atoms with Gasteiger partial charge in [-0.2, -0.15) is 5.26 Å². The molecule has 2 aromatic rings. The van der Waals surface area contributed by atoms with E-state index >= 15 is 0 Å². The van der Waals surface area contributed by atoms with Crippen LogP contribution < -0.4 is 0 Å². The number of hydrogen-bond donors (Lipinski definition) is 0. The van der Waals surface area contributed by atoms with E-state index in [1.807, 2.05) is 49.9 Å². The van der Waals surface area contributed by atoms with Crippen LogP contribution in [0.1, 0.15) is 38.6 Å². The van der Waals surface area contributed by atoms with Crippen LogP contribution in [-0.2, 0) is 6.54 Å². The topological polar surface area (TPSA) is 60.5 Å². The fraction of sp³-hybridized carbons (Fsp3) is 0.400. The van der Waals surface area contributed by atoms with Crippen LogP contribution in [0.5, 0.6) is 0 Å². The summed E-state index contributed by atoms with van der Waals surface area (Å²) in [6.45, 7) is 9.68. The lowest BCUT2D eigenvalue weighted by atomic mass is 10.1. The highest BCUT2D eigenvalue weighted by Crippen LogP contribution is 2.23. The number of furan rings is 1. The van der Waals surface area contributed by atoms with Crippen molar-refractivity contribution in [1.82, 2.24) is 9.80 Å². The molecule has 2 heterocycles. The van der Waals surface area contributed by atoms with Gasteiger partial charge in [-0.1, -0.05) is 12.1 Å². The molecular weight excluding hydrogens is 314 g/mol. The Morgan fingerprint density at radius 1 is 1.08 bits per heavy atom. The summed E-state index contributed by atoms with van der Waals surface area (Å²) in [5.74, 6) is 1.60. The second kappa shape index (κ2) is 7.12. The molecular formula is C20H23N3O2. The summed E-state index contributed by atoms with van der Waals surface area (Å²) in [6, 6.07) is 9.83. The molecule has 0 spiro atoms. The first kappa shape index (κ1) is 17.2. The van der Waals surface area contributed by atoms with E-state index in [-0.39, 0.29) is 5.91 Å². The van der Waals surface area contributed by atoms with E-state index < -0.39 is 0 Å². The summed E-state index contributed by atoms with van der Waals surface area (Å²) in [4.78, 5) is 17.1. The lowest BCUT2D eigenvalue weighted by Crippen LogP contribution is -2.48. The van der Waals surface area contributed by atoms with Crippen molar-refractivity contribution in [2.75, 3.05) is 26.2 Å². The van der Waals surface area contributed by atoms with Crippen molar-refractivity contribution >= 4 is 5.91 Å². The van der Waals surface area contributed by atoms with E-state index in [9.17, 15) is 4.79 Å². The van der Waals surface area contributed by atoms with Gasteiger partial charge in [0.1, 0.15) is 11.5 Å². The number of hydrogen-bond acceptors (Lipinski definition) is 4. The van der Waals surface area contributed by atoms with Crippen LogP contribution in [0.3, 0.4) is 0 Å². The Balaban J connectivity index is 1.59. The third-order valence-corrected chi connectivity index (χ3v) is 4.92. The van der Waals surface area contributed by atoms with Crippen LogP contribution in [0.4, 0.5) is 0 Å². The number of aryl methyl sites for hydroxylation is 2. The molecule has 0 saturated carbocycles. The predicted octanol–water partition coefficient (Wildman–Crippen LogP) is 3.03. The van der Waals surface area contributed by atoms with Gasteiger partial charge in [0.05, 0.1) is 17.2 Å². The number of amides is 1. The zero-order valence-corrected chi connectivity index (χ0v) is 15.0. The fourth-order valence-corrected chi connectivity index (χ4v) is 3.32. The van der Waals surface area contributed by atoms with Crippen molar-refractivity contribution in [3.05, 3.63) is 58.0 Å². The van der Waals surface area contributed by atoms with E-state index in [0.717, 1.165) is 49.6 Å². The van der Waals surface area contributed by atoms with Crippen LogP contribution in [0, 0.1) is 32.1 Å². The van der Waals surface area contributed by atoms with Crippen molar-refractivity contribution < 1.29 is 9.21 Å². The maximum Gasteiger partial charge on any atom is 0.257 e. The van der Waals surface area contributed by atoms with Crippen molar-refractivity contribution in [1.29, 1.82) is 5.26 Å². The Bertz CT molecular complexity index is 807. The molecule has 1 aliphatic rings. The maximum atomic E-state index is 12.8. The Labute approximate surface area is 148 Å². The maximum absolute atomic E-state index is 12.8. The molecule has 1 aliphatic heterocycles. The lowest BCUT2D eigenvalue weighted by Gasteiger charge is -2.34. The molecule has 0 bridgehead atoms. The predicted molar refractivity (Wildman–Crippen MR) is 95.3 cm³/mol. The molecule has 25 heavy (non-hydrogen) atoms. The fourth-order valence-electron chi connectivity index (χ4n) is 3.32. The summed E-state index contributed by atoms with van der Waals surface area (Å²) in [7, 11) is 0. The molecule has 3 rings (SSSR count). The Morgan fingerprint density at radius 3 is 2.24 bits per heavy atom. The Morgan fingerprint density at radius 2 is 1.72 bits per heavy atom. The second-order valence-corrected chi connectivity index (χ2v) is 6.59. The molecule has 0 atom stereocenters. The number of carbonyl (C=O) groups excluding carboxylic acids is 1. The first-order valence-electron chi connectivity index (χ1n) is 8.57. The summed E-state index contributed by atoms with van der Waals surface area (Å²) < 4.78 is 5.60. The zero-order valence-electron chi connectivity index (χ0n) is 15.0. The van der Waals surface area contributed by atoms with E-state index in [4.69, 9.17) is 9.68 Å². The first-order valence-corrected chi connectivity index (χ1v) is 8.57. The first-order chi connectivity index (χ1) is 12.0. The largest absolute Gasteiger partial charge is 0.466 e. The van der Waals surface area contributed by atoms with Gasteiger partial charge in [-0.05, 0) is 38.5 Å². The van der Waals surface area contributed by atoms with Crippen molar-refractivity contribution in [2.45, 2.75) is 27.3 Å². The van der Waals surface area contributed by atoms with Gasteiger partial charge < -0.3 is 9.32 Å². The average Bonchev–Trinajstić information content (AvgIpc) is 2.88. The van der Waals surface area contributed by atoms with Crippen LogP contribution >= 0.6 is 0 Å². The van der Waals surface area contributed by atoms with E-state index in [1.165, 1.54) is 5.56 Å². The quantitative estimate of drug-likeness (QED) is 0.864. The van der Waals surface area contributed by atoms with Gasteiger partial charge in [0.15, 0.2) is 0 Å². The van der Waals surface area contributed by atoms with Gasteiger partial charge in [-0.25, -0.2) is 0 Å². The zero-order chi connectivity index (χ0) is 18.0. The van der Waals surface area contributed by atoms with Gasteiger partial charge in [-0.15, -0.1) is 0 Å². The van der Waals surface area contributed by atoms with Gasteiger partial charge >= 0.3 is 0 Å². The molecule has 1 aromatic heterocycles. The highest BCUT2D eigenvalue weighted by Gasteiger charge is 2.26. The van der Waals surface area contributed by atoms with E-state index in [1.54, 1.807) is 0 Å². The van der Waals surface area contributed by atoms with E-state index in [0.29, 0.717) is 11.3 Å². The summed E-state index contributed by atoms with van der Waals surface area (Å²) in [5.41, 5.74) is 3.54. The van der Waals surface area contributed by atoms with Crippen LogP contribution in [0.25, 0.3) is 0 Å². The van der Waals surface area contributed by atoms with Crippen molar-refractivity contribution in [3.8, 4) is 6.07 Å². The Kier molecular flexibility index (Phi) is 4.91. The molecule has 0 unspecified atom stereocenters. The minimum atomic E-state index is 0.0740. The average molecular weight is 337 g/mol. The van der Waals surface area contributed by atoms with Crippen molar-refractivity contribution in [3.63, 3.8) is 0 Å². The smallest absolute Gasteiger partial charge is 0.257 e. The number of benzene rings is 1. The number of carbonyl (C=O) groups is 1. The number of nitriles is 1. The molecule has 0 N–H and O–H groups in total. The molecule has 1 fully saturated rings. The van der Waals surface area contributed by atoms with Crippen molar-refractivity contribution in [2.24, 2.45) is 0 Å². The number of piperazine rings is 1. The van der Waals surface area contributed by atoms with Gasteiger partial charge in [0.25, 0.3) is 5.91 Å². The molecule has 1 aromatic carbocycles. The SMILES string of the molecule is Cc1oc(C)c(C(=O)N2CCN(Cc3ccc(C#N)cc3)CC2)c1C. The molecule has 130 valence electrons. The number of nitrogens with zero attached hydrogens (tertiary/aromatic N) is 3. The summed E-state index contributed by atoms with van der Waals surface area (Å²) in [5, 5.41) is 8.86. The van der Waals surface area contributed by atoms with E-state index in [2.05, 4.69) is 11.0 Å². The van der Waals surface area contributed by atoms with Gasteiger partial charge in [-0.3, -0.25) is 9.69 Å². The van der Waals surface area contributed by atoms with Gasteiger partial charge in [0.2, 0.25) is 0 Å². The molecule has 0 aliphatic carbocycles. The highest BCUT2D eigenvalue weighted by molar-refractivity contribution is 5.97. The summed E-state index contributed by atoms with van der Waals surface area (Å²) in [6.07, 6.45) is 0. The molecule has 0 radical (unpaired) electrons. The monoisotopic (exact) mass is 337 g/mol. The summed E-state index contributed by atoms with van der Waals surface area (Å²) >= 11 is 0. The minimum absolute atomic E-state index is 0.0740. The number of rotatable bonds is 3. The van der Waals surface area contributed by atoms with Crippen LogP contribution in [0.2, 0.25) is 0 Å². The minimum Gasteiger partial charge on any atom is -0.466 e. The normalized spacial score (nSPS) is 15.2. The molecule has 1 amide bonds. The molecule has 5 nitrogen and oxygen atoms in total. The Hall–Kier alpha value is -2.58. The molecule has 5 heteroatoms. The third kappa shape index (κ3) is 3.59.